The normalized spacial score (nSPS) is 21.1. The average molecular weight is 719 g/mol. The molecule has 1 rings (SSSR count). The fraction of sp³-hybridized carbons (Fsp3) is 0.975. The molecule has 1 aliphatic heterocycles. The summed E-state index contributed by atoms with van der Waals surface area (Å²) >= 11 is 0. The molecule has 0 spiro atoms. The van der Waals surface area contributed by atoms with Crippen LogP contribution >= 0.6 is 0 Å². The average Bonchev–Trinajstić information content (AvgIpc) is 3.30. The quantitative estimate of drug-likeness (QED) is 0.0947. The molecule has 10 nitrogen and oxygen atoms in total. The molecule has 0 aromatic carbocycles. The molecule has 4 atom stereocenters. The van der Waals surface area contributed by atoms with Crippen molar-refractivity contribution in [1.29, 1.82) is 0 Å². The van der Waals surface area contributed by atoms with Gasteiger partial charge in [0.15, 0.2) is 0 Å². The zero-order valence-corrected chi connectivity index (χ0v) is 35.1. The lowest BCUT2D eigenvalue weighted by Crippen LogP contribution is -2.55. The van der Waals surface area contributed by atoms with E-state index in [0.29, 0.717) is 65.1 Å². The van der Waals surface area contributed by atoms with Crippen LogP contribution in [0.5, 0.6) is 0 Å². The SMILES string of the molecule is CC(=O)OC(C)(C)CCOC(C)(C)CC(C1OCC(C(C)(C)OCCC(C)(C)O)C1C(C)(C)OCCC(C)(C)O)C(C)(C)OCCC(C)(C)O. The summed E-state index contributed by atoms with van der Waals surface area (Å²) in [6, 6.07) is 0. The minimum atomic E-state index is -0.874. The summed E-state index contributed by atoms with van der Waals surface area (Å²) in [7, 11) is 0. The van der Waals surface area contributed by atoms with Gasteiger partial charge in [-0.15, -0.1) is 0 Å². The second-order valence-corrected chi connectivity index (χ2v) is 19.5. The van der Waals surface area contributed by atoms with Crippen LogP contribution in [0, 0.1) is 17.8 Å². The van der Waals surface area contributed by atoms with Gasteiger partial charge in [-0.05, 0) is 136 Å². The van der Waals surface area contributed by atoms with Crippen molar-refractivity contribution < 1.29 is 48.5 Å². The van der Waals surface area contributed by atoms with Crippen molar-refractivity contribution in [3.8, 4) is 0 Å². The third-order valence-electron chi connectivity index (χ3n) is 10.1. The summed E-state index contributed by atoms with van der Waals surface area (Å²) in [5, 5.41) is 31.4. The van der Waals surface area contributed by atoms with Crippen LogP contribution in [0.1, 0.15) is 150 Å². The van der Waals surface area contributed by atoms with Crippen LogP contribution in [0.4, 0.5) is 0 Å². The molecule has 0 aromatic heterocycles. The van der Waals surface area contributed by atoms with Gasteiger partial charge in [-0.2, -0.15) is 0 Å². The first kappa shape index (κ1) is 47.2. The minimum Gasteiger partial charge on any atom is -0.460 e. The van der Waals surface area contributed by atoms with Gasteiger partial charge in [-0.1, -0.05) is 0 Å². The first-order valence-corrected chi connectivity index (χ1v) is 18.7. The fourth-order valence-electron chi connectivity index (χ4n) is 6.89. The van der Waals surface area contributed by atoms with Crippen molar-refractivity contribution in [2.75, 3.05) is 33.0 Å². The van der Waals surface area contributed by atoms with Gasteiger partial charge in [0.1, 0.15) is 5.60 Å². The van der Waals surface area contributed by atoms with Crippen molar-refractivity contribution in [3.05, 3.63) is 0 Å². The van der Waals surface area contributed by atoms with E-state index < -0.39 is 44.8 Å². The third kappa shape index (κ3) is 17.3. The zero-order valence-electron chi connectivity index (χ0n) is 35.1. The molecule has 0 bridgehead atoms. The van der Waals surface area contributed by atoms with E-state index in [-0.39, 0.29) is 29.8 Å². The highest BCUT2D eigenvalue weighted by Gasteiger charge is 2.57. The standard InChI is InChI=1S/C40H78O10/c1-28(41)50-36(8,9)21-25-46-37(10,11)26-29(38(12,13)47-22-18-33(2,3)42)32-31(40(16,17)49-24-20-35(6,7)44)30(27-45-32)39(14,15)48-23-19-34(4,5)43/h29-32,42-44H,18-27H2,1-17H3. The van der Waals surface area contributed by atoms with Crippen LogP contribution in [0.25, 0.3) is 0 Å². The molecular formula is C40H78O10. The highest BCUT2D eigenvalue weighted by Crippen LogP contribution is 2.50. The third-order valence-corrected chi connectivity index (χ3v) is 10.1. The molecule has 0 saturated carbocycles. The lowest BCUT2D eigenvalue weighted by molar-refractivity contribution is -0.175. The Balaban J connectivity index is 3.60. The molecule has 1 heterocycles. The minimum absolute atomic E-state index is 0.0744. The Bertz CT molecular complexity index is 1030. The molecule has 0 aromatic rings. The number of esters is 1. The van der Waals surface area contributed by atoms with Gasteiger partial charge in [-0.25, -0.2) is 0 Å². The summed E-state index contributed by atoms with van der Waals surface area (Å²) in [5.74, 6) is -0.727. The Morgan fingerprint density at radius 1 is 0.620 bits per heavy atom. The molecule has 10 heteroatoms. The predicted molar refractivity (Wildman–Crippen MR) is 198 cm³/mol. The molecule has 4 unspecified atom stereocenters. The van der Waals surface area contributed by atoms with Gasteiger partial charge in [0.25, 0.3) is 0 Å². The number of hydrogen-bond donors (Lipinski definition) is 3. The van der Waals surface area contributed by atoms with Crippen molar-refractivity contribution in [3.63, 3.8) is 0 Å². The Labute approximate surface area is 305 Å². The maximum atomic E-state index is 11.6. The van der Waals surface area contributed by atoms with E-state index in [9.17, 15) is 20.1 Å². The molecule has 0 amide bonds. The molecule has 50 heavy (non-hydrogen) atoms. The Kier molecular flexibility index (Phi) is 16.5. The van der Waals surface area contributed by atoms with Crippen molar-refractivity contribution in [1.82, 2.24) is 0 Å². The Hall–Kier alpha value is -0.850. The smallest absolute Gasteiger partial charge is 0.303 e. The Morgan fingerprint density at radius 2 is 1.04 bits per heavy atom. The van der Waals surface area contributed by atoms with Crippen LogP contribution in [0.3, 0.4) is 0 Å². The highest BCUT2D eigenvalue weighted by atomic mass is 16.6. The summed E-state index contributed by atoms with van der Waals surface area (Å²) < 4.78 is 38.8. The first-order chi connectivity index (χ1) is 22.2. The maximum absolute atomic E-state index is 11.6. The summed E-state index contributed by atoms with van der Waals surface area (Å²) in [5.41, 5.74) is -5.86. The van der Waals surface area contributed by atoms with E-state index in [2.05, 4.69) is 55.4 Å². The summed E-state index contributed by atoms with van der Waals surface area (Å²) in [6.45, 7) is 34.5. The number of carbonyl (C=O) groups is 1. The van der Waals surface area contributed by atoms with E-state index in [0.717, 1.165) is 0 Å². The van der Waals surface area contributed by atoms with Crippen molar-refractivity contribution in [2.45, 2.75) is 201 Å². The predicted octanol–water partition coefficient (Wildman–Crippen LogP) is 7.02. The molecule has 0 aliphatic carbocycles. The van der Waals surface area contributed by atoms with E-state index >= 15 is 0 Å². The van der Waals surface area contributed by atoms with Crippen molar-refractivity contribution in [2.24, 2.45) is 17.8 Å². The summed E-state index contributed by atoms with van der Waals surface area (Å²) in [4.78, 5) is 11.6. The molecule has 1 aliphatic rings. The maximum Gasteiger partial charge on any atom is 0.303 e. The molecule has 1 fully saturated rings. The Morgan fingerprint density at radius 3 is 1.48 bits per heavy atom. The van der Waals surface area contributed by atoms with Crippen LogP contribution in [0.15, 0.2) is 0 Å². The van der Waals surface area contributed by atoms with Crippen LogP contribution in [-0.2, 0) is 33.2 Å². The molecule has 298 valence electrons. The van der Waals surface area contributed by atoms with Gasteiger partial charge in [0, 0.05) is 31.1 Å². The second-order valence-electron chi connectivity index (χ2n) is 19.5. The largest absolute Gasteiger partial charge is 0.460 e. The van der Waals surface area contributed by atoms with Gasteiger partial charge in [0.05, 0.1) is 78.3 Å². The number of carbonyl (C=O) groups excluding carboxylic acids is 1. The van der Waals surface area contributed by atoms with E-state index in [1.54, 1.807) is 41.5 Å². The summed E-state index contributed by atoms with van der Waals surface area (Å²) in [6.07, 6.45) is 2.24. The number of aliphatic hydroxyl groups is 3. The highest BCUT2D eigenvalue weighted by molar-refractivity contribution is 5.66. The van der Waals surface area contributed by atoms with E-state index in [1.807, 2.05) is 13.8 Å². The van der Waals surface area contributed by atoms with Gasteiger partial charge >= 0.3 is 5.97 Å². The van der Waals surface area contributed by atoms with Gasteiger partial charge in [0.2, 0.25) is 0 Å². The van der Waals surface area contributed by atoms with Gasteiger partial charge < -0.3 is 43.7 Å². The van der Waals surface area contributed by atoms with E-state index in [4.69, 9.17) is 28.4 Å². The fourth-order valence-corrected chi connectivity index (χ4v) is 6.89. The zero-order chi connectivity index (χ0) is 39.2. The van der Waals surface area contributed by atoms with Gasteiger partial charge in [-0.3, -0.25) is 4.79 Å². The number of hydrogen-bond acceptors (Lipinski definition) is 10. The topological polar surface area (TPSA) is 133 Å². The molecule has 1 saturated heterocycles. The van der Waals surface area contributed by atoms with Crippen LogP contribution < -0.4 is 0 Å². The lowest BCUT2D eigenvalue weighted by Gasteiger charge is -2.48. The van der Waals surface area contributed by atoms with Crippen LogP contribution in [-0.4, -0.2) is 105 Å². The van der Waals surface area contributed by atoms with E-state index in [1.165, 1.54) is 6.92 Å². The second kappa shape index (κ2) is 17.5. The van der Waals surface area contributed by atoms with Crippen LogP contribution in [0.2, 0.25) is 0 Å². The monoisotopic (exact) mass is 719 g/mol. The molecule has 3 N–H and O–H groups in total. The first-order valence-electron chi connectivity index (χ1n) is 18.7. The lowest BCUT2D eigenvalue weighted by atomic mass is 9.65. The molecule has 0 radical (unpaired) electrons. The number of rotatable bonds is 23. The number of ether oxygens (including phenoxy) is 6. The molecular weight excluding hydrogens is 640 g/mol. The van der Waals surface area contributed by atoms with Crippen molar-refractivity contribution >= 4 is 5.97 Å².